The van der Waals surface area contributed by atoms with E-state index in [1.165, 1.54) is 32.1 Å². The second-order valence-corrected chi connectivity index (χ2v) is 3.89. The van der Waals surface area contributed by atoms with Crippen LogP contribution in [-0.2, 0) is 0 Å². The van der Waals surface area contributed by atoms with E-state index in [1.807, 2.05) is 0 Å². The lowest BCUT2D eigenvalue weighted by atomic mass is 9.87. The van der Waals surface area contributed by atoms with Gasteiger partial charge in [-0.15, -0.1) is 0 Å². The lowest BCUT2D eigenvalue weighted by molar-refractivity contribution is 0.145. The maximum atomic E-state index is 11.7. The smallest absolute Gasteiger partial charge is 0.250 e. The van der Waals surface area contributed by atoms with E-state index < -0.39 is 6.43 Å². The first-order valence-corrected chi connectivity index (χ1v) is 5.28. The van der Waals surface area contributed by atoms with Crippen LogP contribution in [0.4, 0.5) is 8.78 Å². The van der Waals surface area contributed by atoms with E-state index in [0.29, 0.717) is 0 Å². The van der Waals surface area contributed by atoms with Gasteiger partial charge in [0.15, 0.2) is 0 Å². The van der Waals surface area contributed by atoms with Crippen molar-refractivity contribution in [2.45, 2.75) is 45.0 Å². The van der Waals surface area contributed by atoms with Crippen LogP contribution in [0.2, 0.25) is 0 Å². The second-order valence-electron chi connectivity index (χ2n) is 3.89. The Labute approximate surface area is 78.9 Å². The number of nitrogens with one attached hydrogen (secondary N) is 1. The van der Waals surface area contributed by atoms with E-state index >= 15 is 0 Å². The Morgan fingerprint density at radius 1 is 1.15 bits per heavy atom. The van der Waals surface area contributed by atoms with Gasteiger partial charge in [0.05, 0.1) is 6.54 Å². The number of alkyl halides is 2. The first-order valence-electron chi connectivity index (χ1n) is 5.28. The van der Waals surface area contributed by atoms with Crippen molar-refractivity contribution in [2.75, 3.05) is 13.1 Å². The Morgan fingerprint density at radius 2 is 1.85 bits per heavy atom. The van der Waals surface area contributed by atoms with Crippen molar-refractivity contribution in [3.63, 3.8) is 0 Å². The zero-order chi connectivity index (χ0) is 9.52. The minimum atomic E-state index is -2.20. The fourth-order valence-corrected chi connectivity index (χ4v) is 1.99. The standard InChI is InChI=1S/C10H19F2N/c11-10(12)8-13-7-6-9-4-2-1-3-5-9/h9-10,13H,1-8H2. The number of hydrogen-bond acceptors (Lipinski definition) is 1. The summed E-state index contributed by atoms with van der Waals surface area (Å²) in [6.07, 6.45) is 5.51. The van der Waals surface area contributed by atoms with Crippen molar-refractivity contribution in [3.8, 4) is 0 Å². The fraction of sp³-hybridized carbons (Fsp3) is 1.00. The summed E-state index contributed by atoms with van der Waals surface area (Å²) < 4.78 is 23.5. The maximum Gasteiger partial charge on any atom is 0.250 e. The number of hydrogen-bond donors (Lipinski definition) is 1. The van der Waals surface area contributed by atoms with E-state index in [1.54, 1.807) is 0 Å². The molecule has 3 heteroatoms. The van der Waals surface area contributed by atoms with Crippen LogP contribution in [0.5, 0.6) is 0 Å². The average Bonchev–Trinajstić information content (AvgIpc) is 2.14. The molecule has 0 spiro atoms. The van der Waals surface area contributed by atoms with Gasteiger partial charge in [-0.05, 0) is 18.9 Å². The maximum absolute atomic E-state index is 11.7. The third kappa shape index (κ3) is 5.19. The molecule has 0 bridgehead atoms. The first-order chi connectivity index (χ1) is 6.29. The van der Waals surface area contributed by atoms with E-state index in [9.17, 15) is 8.78 Å². The molecule has 0 saturated heterocycles. The summed E-state index contributed by atoms with van der Waals surface area (Å²) in [5.41, 5.74) is 0. The Hall–Kier alpha value is -0.180. The summed E-state index contributed by atoms with van der Waals surface area (Å²) in [5, 5.41) is 2.78. The monoisotopic (exact) mass is 191 g/mol. The number of halogens is 2. The highest BCUT2D eigenvalue weighted by molar-refractivity contribution is 4.66. The summed E-state index contributed by atoms with van der Waals surface area (Å²) in [6.45, 7) is 0.613. The Balaban J connectivity index is 1.92. The van der Waals surface area contributed by atoms with Gasteiger partial charge in [-0.25, -0.2) is 8.78 Å². The predicted octanol–water partition coefficient (Wildman–Crippen LogP) is 2.81. The van der Waals surface area contributed by atoms with Crippen LogP contribution in [0.25, 0.3) is 0 Å². The Morgan fingerprint density at radius 3 is 2.46 bits per heavy atom. The summed E-state index contributed by atoms with van der Waals surface area (Å²) in [5.74, 6) is 0.791. The van der Waals surface area contributed by atoms with Crippen LogP contribution in [0.15, 0.2) is 0 Å². The minimum absolute atomic E-state index is 0.146. The first kappa shape index (κ1) is 10.9. The van der Waals surface area contributed by atoms with Gasteiger partial charge in [-0.2, -0.15) is 0 Å². The van der Waals surface area contributed by atoms with Crippen molar-refractivity contribution < 1.29 is 8.78 Å². The zero-order valence-corrected chi connectivity index (χ0v) is 8.07. The molecule has 1 saturated carbocycles. The van der Waals surface area contributed by atoms with Gasteiger partial charge in [0.25, 0.3) is 6.43 Å². The summed E-state index contributed by atoms with van der Waals surface area (Å²) >= 11 is 0. The third-order valence-electron chi connectivity index (χ3n) is 2.75. The molecule has 1 N–H and O–H groups in total. The average molecular weight is 191 g/mol. The molecule has 1 aliphatic carbocycles. The van der Waals surface area contributed by atoms with Gasteiger partial charge in [-0.3, -0.25) is 0 Å². The molecule has 0 aromatic rings. The molecule has 13 heavy (non-hydrogen) atoms. The van der Waals surface area contributed by atoms with Gasteiger partial charge in [0, 0.05) is 0 Å². The molecule has 78 valence electrons. The summed E-state index contributed by atoms with van der Waals surface area (Å²) in [7, 11) is 0. The highest BCUT2D eigenvalue weighted by Crippen LogP contribution is 2.25. The molecule has 0 unspecified atom stereocenters. The van der Waals surface area contributed by atoms with Crippen molar-refractivity contribution in [1.29, 1.82) is 0 Å². The van der Waals surface area contributed by atoms with Crippen molar-refractivity contribution in [1.82, 2.24) is 5.32 Å². The molecule has 0 radical (unpaired) electrons. The lowest BCUT2D eigenvalue weighted by Gasteiger charge is -2.21. The predicted molar refractivity (Wildman–Crippen MR) is 50.1 cm³/mol. The van der Waals surface area contributed by atoms with E-state index in [-0.39, 0.29) is 6.54 Å². The van der Waals surface area contributed by atoms with Crippen LogP contribution in [-0.4, -0.2) is 19.5 Å². The van der Waals surface area contributed by atoms with Gasteiger partial charge in [0.2, 0.25) is 0 Å². The van der Waals surface area contributed by atoms with Crippen molar-refractivity contribution in [2.24, 2.45) is 5.92 Å². The molecule has 0 heterocycles. The highest BCUT2D eigenvalue weighted by atomic mass is 19.3. The normalized spacial score (nSPS) is 19.6. The topological polar surface area (TPSA) is 12.0 Å². The molecule has 1 aliphatic rings. The van der Waals surface area contributed by atoms with Crippen LogP contribution >= 0.6 is 0 Å². The number of rotatable bonds is 5. The van der Waals surface area contributed by atoms with Crippen molar-refractivity contribution in [3.05, 3.63) is 0 Å². The Bertz CT molecular complexity index is 122. The highest BCUT2D eigenvalue weighted by Gasteiger charge is 2.12. The van der Waals surface area contributed by atoms with E-state index in [2.05, 4.69) is 5.32 Å². The van der Waals surface area contributed by atoms with E-state index in [4.69, 9.17) is 0 Å². The van der Waals surface area contributed by atoms with Gasteiger partial charge in [0.1, 0.15) is 0 Å². The lowest BCUT2D eigenvalue weighted by Crippen LogP contribution is -2.24. The van der Waals surface area contributed by atoms with Crippen LogP contribution in [0.3, 0.4) is 0 Å². The van der Waals surface area contributed by atoms with Crippen LogP contribution in [0, 0.1) is 5.92 Å². The molecular weight excluding hydrogens is 172 g/mol. The molecule has 0 aromatic carbocycles. The second kappa shape index (κ2) is 6.30. The molecule has 1 rings (SSSR count). The minimum Gasteiger partial charge on any atom is -0.311 e. The SMILES string of the molecule is FC(F)CNCCC1CCCCC1. The summed E-state index contributed by atoms with van der Waals surface area (Å²) in [4.78, 5) is 0. The molecule has 1 nitrogen and oxygen atoms in total. The largest absolute Gasteiger partial charge is 0.311 e. The quantitative estimate of drug-likeness (QED) is 0.659. The molecule has 0 aliphatic heterocycles. The van der Waals surface area contributed by atoms with Crippen LogP contribution < -0.4 is 5.32 Å². The zero-order valence-electron chi connectivity index (χ0n) is 8.07. The van der Waals surface area contributed by atoms with E-state index in [0.717, 1.165) is 18.9 Å². The summed E-state index contributed by atoms with van der Waals surface area (Å²) in [6, 6.07) is 0. The van der Waals surface area contributed by atoms with Gasteiger partial charge >= 0.3 is 0 Å². The van der Waals surface area contributed by atoms with Gasteiger partial charge < -0.3 is 5.32 Å². The van der Waals surface area contributed by atoms with Gasteiger partial charge in [-0.1, -0.05) is 32.1 Å². The Kier molecular flexibility index (Phi) is 5.28. The molecule has 0 amide bonds. The fourth-order valence-electron chi connectivity index (χ4n) is 1.99. The molecule has 1 fully saturated rings. The third-order valence-corrected chi connectivity index (χ3v) is 2.75. The van der Waals surface area contributed by atoms with Crippen LogP contribution in [0.1, 0.15) is 38.5 Å². The molecule has 0 atom stereocenters. The van der Waals surface area contributed by atoms with Crippen molar-refractivity contribution >= 4 is 0 Å². The molecule has 0 aromatic heterocycles. The molecular formula is C10H19F2N.